The molecule has 0 fully saturated rings. The van der Waals surface area contributed by atoms with Crippen molar-refractivity contribution in [1.82, 2.24) is 0 Å². The number of benzene rings is 1. The van der Waals surface area contributed by atoms with Crippen LogP contribution in [-0.2, 0) is 9.59 Å². The van der Waals surface area contributed by atoms with Gasteiger partial charge in [0.25, 0.3) is 0 Å². The van der Waals surface area contributed by atoms with Crippen molar-refractivity contribution < 1.29 is 14.7 Å². The zero-order valence-electron chi connectivity index (χ0n) is 12.5. The highest BCUT2D eigenvalue weighted by molar-refractivity contribution is 5.93. The van der Waals surface area contributed by atoms with Crippen LogP contribution in [0, 0.1) is 0 Å². The van der Waals surface area contributed by atoms with Crippen LogP contribution in [0.25, 0.3) is 6.08 Å². The Balaban J connectivity index is 2.01. The summed E-state index contributed by atoms with van der Waals surface area (Å²) in [4.78, 5) is 22.0. The second-order valence-electron chi connectivity index (χ2n) is 5.23. The highest BCUT2D eigenvalue weighted by atomic mass is 16.4. The summed E-state index contributed by atoms with van der Waals surface area (Å²) in [6.45, 7) is 0. The van der Waals surface area contributed by atoms with Gasteiger partial charge in [-0.25, -0.2) is 0 Å². The lowest BCUT2D eigenvalue weighted by Crippen LogP contribution is -1.94. The van der Waals surface area contributed by atoms with Crippen LogP contribution in [0.4, 0.5) is 0 Å². The van der Waals surface area contributed by atoms with E-state index in [0.717, 1.165) is 44.1 Å². The quantitative estimate of drug-likeness (QED) is 0.482. The van der Waals surface area contributed by atoms with Gasteiger partial charge in [-0.05, 0) is 24.5 Å². The predicted molar refractivity (Wildman–Crippen MR) is 85.1 cm³/mol. The molecule has 3 heteroatoms. The van der Waals surface area contributed by atoms with Crippen LogP contribution in [0.3, 0.4) is 0 Å². The van der Waals surface area contributed by atoms with Crippen LogP contribution in [-0.4, -0.2) is 16.9 Å². The maximum absolute atomic E-state index is 11.7. The Bertz CT molecular complexity index is 449. The maximum Gasteiger partial charge on any atom is 0.303 e. The van der Waals surface area contributed by atoms with Gasteiger partial charge in [-0.1, -0.05) is 62.1 Å². The zero-order valence-corrected chi connectivity index (χ0v) is 12.5. The standard InChI is InChI=1S/C18H24O3/c19-17(15-14-16-10-6-5-7-11-16)12-8-3-1-2-4-9-13-18(20)21/h5-7,10-11,14-15H,1-4,8-9,12-13H2,(H,20,21)/b15-14+. The van der Waals surface area contributed by atoms with Crippen LogP contribution >= 0.6 is 0 Å². The summed E-state index contributed by atoms with van der Waals surface area (Å²) in [5, 5.41) is 8.50. The molecule has 0 aliphatic rings. The SMILES string of the molecule is O=C(O)CCCCCCCCC(=O)/C=C/c1ccccc1. The van der Waals surface area contributed by atoms with Gasteiger partial charge < -0.3 is 5.11 Å². The number of rotatable bonds is 11. The highest BCUT2D eigenvalue weighted by Crippen LogP contribution is 2.09. The fourth-order valence-electron chi connectivity index (χ4n) is 2.12. The summed E-state index contributed by atoms with van der Waals surface area (Å²) >= 11 is 0. The third kappa shape index (κ3) is 9.61. The molecule has 0 bridgehead atoms. The van der Waals surface area contributed by atoms with Crippen LogP contribution in [0.1, 0.15) is 56.9 Å². The topological polar surface area (TPSA) is 54.4 Å². The Labute approximate surface area is 126 Å². The first kappa shape index (κ1) is 17.2. The van der Waals surface area contributed by atoms with Crippen molar-refractivity contribution in [3.05, 3.63) is 42.0 Å². The van der Waals surface area contributed by atoms with Crippen molar-refractivity contribution in [2.24, 2.45) is 0 Å². The number of hydrogen-bond acceptors (Lipinski definition) is 2. The van der Waals surface area contributed by atoms with Gasteiger partial charge in [0.05, 0.1) is 0 Å². The molecule has 0 saturated carbocycles. The molecule has 1 aromatic carbocycles. The lowest BCUT2D eigenvalue weighted by Gasteiger charge is -2.00. The minimum absolute atomic E-state index is 0.171. The lowest BCUT2D eigenvalue weighted by atomic mass is 10.1. The van der Waals surface area contributed by atoms with Gasteiger partial charge in [0, 0.05) is 12.8 Å². The first-order valence-corrected chi connectivity index (χ1v) is 7.66. The molecule has 0 aliphatic carbocycles. The van der Waals surface area contributed by atoms with Crippen molar-refractivity contribution in [1.29, 1.82) is 0 Å². The fourth-order valence-corrected chi connectivity index (χ4v) is 2.12. The molecule has 0 radical (unpaired) electrons. The van der Waals surface area contributed by atoms with Crippen LogP contribution in [0.15, 0.2) is 36.4 Å². The van der Waals surface area contributed by atoms with Crippen molar-refractivity contribution in [2.75, 3.05) is 0 Å². The third-order valence-electron chi connectivity index (χ3n) is 3.33. The number of carbonyl (C=O) groups is 2. The number of carbonyl (C=O) groups excluding carboxylic acids is 1. The van der Waals surface area contributed by atoms with E-state index in [2.05, 4.69) is 0 Å². The maximum atomic E-state index is 11.7. The van der Waals surface area contributed by atoms with E-state index in [4.69, 9.17) is 5.11 Å². The van der Waals surface area contributed by atoms with Crippen molar-refractivity contribution in [3.63, 3.8) is 0 Å². The molecule has 1 N–H and O–H groups in total. The van der Waals surface area contributed by atoms with E-state index in [0.29, 0.717) is 6.42 Å². The summed E-state index contributed by atoms with van der Waals surface area (Å²) in [6, 6.07) is 9.81. The molecule has 0 spiro atoms. The van der Waals surface area contributed by atoms with E-state index in [1.54, 1.807) is 6.08 Å². The number of allylic oxidation sites excluding steroid dienone is 1. The van der Waals surface area contributed by atoms with Crippen molar-refractivity contribution >= 4 is 17.8 Å². The summed E-state index contributed by atoms with van der Waals surface area (Å²) < 4.78 is 0. The molecule has 0 amide bonds. The number of unbranched alkanes of at least 4 members (excludes halogenated alkanes) is 5. The number of aliphatic carboxylic acids is 1. The number of ketones is 1. The monoisotopic (exact) mass is 288 g/mol. The Kier molecular flexibility index (Phi) is 8.85. The van der Waals surface area contributed by atoms with E-state index >= 15 is 0 Å². The Morgan fingerprint density at radius 3 is 2.05 bits per heavy atom. The van der Waals surface area contributed by atoms with Gasteiger partial charge in [0.2, 0.25) is 0 Å². The fraction of sp³-hybridized carbons (Fsp3) is 0.444. The molecular weight excluding hydrogens is 264 g/mol. The van der Waals surface area contributed by atoms with Crippen LogP contribution in [0.2, 0.25) is 0 Å². The number of carboxylic acids is 1. The minimum Gasteiger partial charge on any atom is -0.481 e. The van der Waals surface area contributed by atoms with Gasteiger partial charge in [0.1, 0.15) is 0 Å². The van der Waals surface area contributed by atoms with E-state index in [-0.39, 0.29) is 12.2 Å². The van der Waals surface area contributed by atoms with E-state index < -0.39 is 5.97 Å². The molecule has 1 rings (SSSR count). The van der Waals surface area contributed by atoms with Gasteiger partial charge in [0.15, 0.2) is 5.78 Å². The van der Waals surface area contributed by atoms with Gasteiger partial charge in [-0.2, -0.15) is 0 Å². The second-order valence-corrected chi connectivity index (χ2v) is 5.23. The molecule has 0 aromatic heterocycles. The summed E-state index contributed by atoms with van der Waals surface area (Å²) in [6.07, 6.45) is 10.2. The first-order chi connectivity index (χ1) is 10.2. The molecular formula is C18H24O3. The van der Waals surface area contributed by atoms with Crippen LogP contribution in [0.5, 0.6) is 0 Å². The zero-order chi connectivity index (χ0) is 15.3. The van der Waals surface area contributed by atoms with Gasteiger partial charge in [-0.3, -0.25) is 9.59 Å². The molecule has 0 saturated heterocycles. The summed E-state index contributed by atoms with van der Waals surface area (Å²) in [5.41, 5.74) is 1.05. The Hall–Kier alpha value is -1.90. The smallest absolute Gasteiger partial charge is 0.303 e. The van der Waals surface area contributed by atoms with E-state index in [9.17, 15) is 9.59 Å². The molecule has 0 heterocycles. The largest absolute Gasteiger partial charge is 0.481 e. The Morgan fingerprint density at radius 2 is 1.43 bits per heavy atom. The third-order valence-corrected chi connectivity index (χ3v) is 3.33. The molecule has 3 nitrogen and oxygen atoms in total. The molecule has 21 heavy (non-hydrogen) atoms. The average molecular weight is 288 g/mol. The Morgan fingerprint density at radius 1 is 0.857 bits per heavy atom. The highest BCUT2D eigenvalue weighted by Gasteiger charge is 1.99. The van der Waals surface area contributed by atoms with Gasteiger partial charge in [-0.15, -0.1) is 0 Å². The normalized spacial score (nSPS) is 10.9. The molecule has 114 valence electrons. The van der Waals surface area contributed by atoms with Crippen molar-refractivity contribution in [2.45, 2.75) is 51.4 Å². The summed E-state index contributed by atoms with van der Waals surface area (Å²) in [5.74, 6) is -0.546. The minimum atomic E-state index is -0.717. The number of carboxylic acid groups (broad SMARTS) is 1. The first-order valence-electron chi connectivity index (χ1n) is 7.66. The predicted octanol–water partition coefficient (Wildman–Crippen LogP) is 4.47. The molecule has 0 unspecified atom stereocenters. The van der Waals surface area contributed by atoms with E-state index in [1.165, 1.54) is 0 Å². The molecule has 0 aliphatic heterocycles. The summed E-state index contributed by atoms with van der Waals surface area (Å²) in [7, 11) is 0. The molecule has 1 aromatic rings. The second kappa shape index (κ2) is 10.8. The van der Waals surface area contributed by atoms with Gasteiger partial charge >= 0.3 is 5.97 Å². The lowest BCUT2D eigenvalue weighted by molar-refractivity contribution is -0.137. The van der Waals surface area contributed by atoms with Crippen molar-refractivity contribution in [3.8, 4) is 0 Å². The molecule has 0 atom stereocenters. The van der Waals surface area contributed by atoms with Crippen LogP contribution < -0.4 is 0 Å². The van der Waals surface area contributed by atoms with E-state index in [1.807, 2.05) is 36.4 Å². The number of hydrogen-bond donors (Lipinski definition) is 1. The average Bonchev–Trinajstić information content (AvgIpc) is 2.48.